The topological polar surface area (TPSA) is 81.4 Å². The van der Waals surface area contributed by atoms with Crippen LogP contribution in [-0.2, 0) is 4.79 Å². The number of para-hydroxylation sites is 2. The summed E-state index contributed by atoms with van der Waals surface area (Å²) < 4.78 is 11.5. The molecule has 3 heterocycles. The minimum Gasteiger partial charge on any atom is -0.472 e. The average Bonchev–Trinajstić information content (AvgIpc) is 3.10. The molecule has 1 aromatic carbocycles. The van der Waals surface area contributed by atoms with Gasteiger partial charge in [-0.1, -0.05) is 23.9 Å². The van der Waals surface area contributed by atoms with Crippen molar-refractivity contribution in [1.82, 2.24) is 19.9 Å². The maximum absolute atomic E-state index is 12.5. The summed E-state index contributed by atoms with van der Waals surface area (Å²) in [5.41, 5.74) is 1.54. The van der Waals surface area contributed by atoms with Crippen molar-refractivity contribution in [2.45, 2.75) is 24.2 Å². The summed E-state index contributed by atoms with van der Waals surface area (Å²) in [6.07, 6.45) is 4.88. The molecule has 0 bridgehead atoms. The number of carbonyl (C=O) groups is 1. The van der Waals surface area contributed by atoms with Crippen molar-refractivity contribution in [2.24, 2.45) is 0 Å². The standard InChI is InChI=1S/C18H18N4O3S/c23-17(11-26-18-21-14-5-1-2-6-15(14)25-18)22-9-3-4-13(10-22)24-16-7-8-19-12-20-16/h1-2,5-8,12-13H,3-4,9-11H2. The van der Waals surface area contributed by atoms with Gasteiger partial charge in [-0.3, -0.25) is 4.79 Å². The summed E-state index contributed by atoms with van der Waals surface area (Å²) in [4.78, 5) is 26.7. The van der Waals surface area contributed by atoms with Crippen molar-refractivity contribution in [1.29, 1.82) is 0 Å². The Morgan fingerprint density at radius 2 is 2.27 bits per heavy atom. The van der Waals surface area contributed by atoms with E-state index < -0.39 is 0 Å². The van der Waals surface area contributed by atoms with Crippen molar-refractivity contribution in [3.63, 3.8) is 0 Å². The van der Waals surface area contributed by atoms with Crippen LogP contribution in [0.25, 0.3) is 11.1 Å². The largest absolute Gasteiger partial charge is 0.472 e. The van der Waals surface area contributed by atoms with Crippen LogP contribution in [0.1, 0.15) is 12.8 Å². The van der Waals surface area contributed by atoms with Crippen LogP contribution in [0.4, 0.5) is 0 Å². The fourth-order valence-electron chi connectivity index (χ4n) is 2.91. The highest BCUT2D eigenvalue weighted by Gasteiger charge is 2.25. The SMILES string of the molecule is O=C(CSc1nc2ccccc2o1)N1CCCC(Oc2ccncn2)C1. The molecule has 0 radical (unpaired) electrons. The zero-order valence-corrected chi connectivity index (χ0v) is 14.9. The monoisotopic (exact) mass is 370 g/mol. The summed E-state index contributed by atoms with van der Waals surface area (Å²) in [6.45, 7) is 1.31. The number of benzene rings is 1. The normalized spacial score (nSPS) is 17.4. The minimum atomic E-state index is -0.0445. The molecule has 1 aliphatic rings. The van der Waals surface area contributed by atoms with Gasteiger partial charge >= 0.3 is 0 Å². The van der Waals surface area contributed by atoms with Crippen LogP contribution in [0.5, 0.6) is 5.88 Å². The molecule has 1 aliphatic heterocycles. The number of likely N-dealkylation sites (tertiary alicyclic amines) is 1. The first kappa shape index (κ1) is 16.8. The number of fused-ring (bicyclic) bond motifs is 1. The molecule has 3 aromatic rings. The van der Waals surface area contributed by atoms with Crippen LogP contribution in [0.15, 0.2) is 52.5 Å². The first-order valence-corrected chi connectivity index (χ1v) is 9.45. The second-order valence-corrected chi connectivity index (χ2v) is 6.93. The lowest BCUT2D eigenvalue weighted by Crippen LogP contribution is -2.45. The second kappa shape index (κ2) is 7.74. The summed E-state index contributed by atoms with van der Waals surface area (Å²) >= 11 is 1.32. The minimum absolute atomic E-state index is 0.0445. The molecule has 1 amide bonds. The van der Waals surface area contributed by atoms with Gasteiger partial charge in [0, 0.05) is 18.8 Å². The van der Waals surface area contributed by atoms with Gasteiger partial charge in [0.25, 0.3) is 5.22 Å². The van der Waals surface area contributed by atoms with Crippen molar-refractivity contribution >= 4 is 28.8 Å². The van der Waals surface area contributed by atoms with Gasteiger partial charge in [-0.2, -0.15) is 0 Å². The number of hydrogen-bond donors (Lipinski definition) is 0. The predicted molar refractivity (Wildman–Crippen MR) is 97.0 cm³/mol. The van der Waals surface area contributed by atoms with Gasteiger partial charge in [0.1, 0.15) is 17.9 Å². The molecule has 1 saturated heterocycles. The Balaban J connectivity index is 1.32. The number of thioether (sulfide) groups is 1. The first-order valence-electron chi connectivity index (χ1n) is 8.47. The molecule has 0 spiro atoms. The van der Waals surface area contributed by atoms with Crippen LogP contribution in [0.2, 0.25) is 0 Å². The Labute approximate surface area is 154 Å². The number of rotatable bonds is 5. The van der Waals surface area contributed by atoms with Gasteiger partial charge in [-0.15, -0.1) is 0 Å². The van der Waals surface area contributed by atoms with E-state index in [1.807, 2.05) is 29.2 Å². The number of amides is 1. The molecule has 1 atom stereocenters. The third kappa shape index (κ3) is 3.96. The Kier molecular flexibility index (Phi) is 5.01. The number of piperidine rings is 1. The van der Waals surface area contributed by atoms with E-state index in [1.165, 1.54) is 18.1 Å². The molecule has 0 aliphatic carbocycles. The summed E-state index contributed by atoms with van der Waals surface area (Å²) in [7, 11) is 0. The molecule has 7 nitrogen and oxygen atoms in total. The van der Waals surface area contributed by atoms with E-state index in [9.17, 15) is 4.79 Å². The summed E-state index contributed by atoms with van der Waals surface area (Å²) in [5, 5.41) is 0.519. The smallest absolute Gasteiger partial charge is 0.257 e. The van der Waals surface area contributed by atoms with Gasteiger partial charge in [0.15, 0.2) is 5.58 Å². The number of carbonyl (C=O) groups excluding carboxylic acids is 1. The van der Waals surface area contributed by atoms with E-state index in [-0.39, 0.29) is 12.0 Å². The van der Waals surface area contributed by atoms with E-state index in [4.69, 9.17) is 9.15 Å². The molecule has 4 rings (SSSR count). The predicted octanol–water partition coefficient (Wildman–Crippen LogP) is 2.78. The molecule has 0 N–H and O–H groups in total. The third-order valence-electron chi connectivity index (χ3n) is 4.17. The Morgan fingerprint density at radius 3 is 3.12 bits per heavy atom. The average molecular weight is 370 g/mol. The zero-order valence-electron chi connectivity index (χ0n) is 14.1. The van der Waals surface area contributed by atoms with E-state index in [0.29, 0.717) is 23.4 Å². The summed E-state index contributed by atoms with van der Waals surface area (Å²) in [6, 6.07) is 9.30. The van der Waals surface area contributed by atoms with E-state index in [0.717, 1.165) is 30.5 Å². The van der Waals surface area contributed by atoms with Crippen LogP contribution >= 0.6 is 11.8 Å². The maximum Gasteiger partial charge on any atom is 0.257 e. The van der Waals surface area contributed by atoms with Crippen molar-refractivity contribution < 1.29 is 13.9 Å². The second-order valence-electron chi connectivity index (χ2n) is 6.01. The summed E-state index contributed by atoms with van der Waals surface area (Å²) in [5.74, 6) is 0.904. The Bertz CT molecular complexity index is 853. The lowest BCUT2D eigenvalue weighted by molar-refractivity contribution is -0.131. The molecular formula is C18H18N4O3S. The van der Waals surface area contributed by atoms with Crippen LogP contribution in [-0.4, -0.2) is 50.7 Å². The zero-order chi connectivity index (χ0) is 17.8. The van der Waals surface area contributed by atoms with Gasteiger partial charge in [0.05, 0.1) is 12.3 Å². The fraction of sp³-hybridized carbons (Fsp3) is 0.333. The highest BCUT2D eigenvalue weighted by atomic mass is 32.2. The van der Waals surface area contributed by atoms with Crippen molar-refractivity contribution in [2.75, 3.05) is 18.8 Å². The Hall–Kier alpha value is -2.61. The number of aromatic nitrogens is 3. The van der Waals surface area contributed by atoms with Gasteiger partial charge < -0.3 is 14.1 Å². The first-order chi connectivity index (χ1) is 12.8. The molecule has 134 valence electrons. The van der Waals surface area contributed by atoms with Crippen LogP contribution in [0, 0.1) is 0 Å². The van der Waals surface area contributed by atoms with Gasteiger partial charge in [0.2, 0.25) is 11.8 Å². The quantitative estimate of drug-likeness (QED) is 0.639. The third-order valence-corrected chi connectivity index (χ3v) is 4.98. The van der Waals surface area contributed by atoms with E-state index >= 15 is 0 Å². The molecule has 8 heteroatoms. The Morgan fingerprint density at radius 1 is 1.35 bits per heavy atom. The number of hydrogen-bond acceptors (Lipinski definition) is 7. The van der Waals surface area contributed by atoms with Crippen molar-refractivity contribution in [3.05, 3.63) is 42.9 Å². The van der Waals surface area contributed by atoms with Crippen LogP contribution in [0.3, 0.4) is 0 Å². The molecule has 1 fully saturated rings. The molecule has 0 saturated carbocycles. The number of ether oxygens (including phenoxy) is 1. The molecular weight excluding hydrogens is 352 g/mol. The molecule has 1 unspecified atom stereocenters. The highest BCUT2D eigenvalue weighted by molar-refractivity contribution is 7.99. The van der Waals surface area contributed by atoms with E-state index in [2.05, 4.69) is 15.0 Å². The van der Waals surface area contributed by atoms with E-state index in [1.54, 1.807) is 12.3 Å². The van der Waals surface area contributed by atoms with Gasteiger partial charge in [-0.05, 0) is 25.0 Å². The van der Waals surface area contributed by atoms with Crippen LogP contribution < -0.4 is 4.74 Å². The lowest BCUT2D eigenvalue weighted by Gasteiger charge is -2.32. The van der Waals surface area contributed by atoms with Crippen molar-refractivity contribution in [3.8, 4) is 5.88 Å². The maximum atomic E-state index is 12.5. The molecule has 26 heavy (non-hydrogen) atoms. The fourth-order valence-corrected chi connectivity index (χ4v) is 3.65. The molecule has 2 aromatic heterocycles. The lowest BCUT2D eigenvalue weighted by atomic mass is 10.1. The number of nitrogens with zero attached hydrogens (tertiary/aromatic N) is 4. The number of oxazole rings is 1. The van der Waals surface area contributed by atoms with Gasteiger partial charge in [-0.25, -0.2) is 15.0 Å². The highest BCUT2D eigenvalue weighted by Crippen LogP contribution is 2.24.